The van der Waals surface area contributed by atoms with E-state index < -0.39 is 0 Å². The van der Waals surface area contributed by atoms with Crippen LogP contribution in [0, 0.1) is 20.8 Å². The van der Waals surface area contributed by atoms with Crippen molar-refractivity contribution in [3.63, 3.8) is 0 Å². The minimum Gasteiger partial charge on any atom is -0.493 e. The van der Waals surface area contributed by atoms with Gasteiger partial charge in [0.25, 0.3) is 11.8 Å². The molecule has 0 unspecified atom stereocenters. The van der Waals surface area contributed by atoms with Gasteiger partial charge in [-0.05, 0) is 51.1 Å². The first-order valence-electron chi connectivity index (χ1n) is 10.8. The zero-order chi connectivity index (χ0) is 25.2. The number of hydrazone groups is 1. The molecule has 0 aliphatic rings. The summed E-state index contributed by atoms with van der Waals surface area (Å²) >= 11 is 1.23. The molecule has 0 saturated carbocycles. The Bertz CT molecular complexity index is 1190. The summed E-state index contributed by atoms with van der Waals surface area (Å²) in [6.07, 6.45) is 1.44. The number of aryl methyl sites for hydroxylation is 3. The van der Waals surface area contributed by atoms with Gasteiger partial charge < -0.3 is 14.8 Å². The topological polar surface area (TPSA) is 115 Å². The quantitative estimate of drug-likeness (QED) is 0.192. The van der Waals surface area contributed by atoms with Gasteiger partial charge in [-0.1, -0.05) is 35.5 Å². The van der Waals surface area contributed by atoms with E-state index >= 15 is 0 Å². The largest absolute Gasteiger partial charge is 0.493 e. The number of carbonyl (C=O) groups is 2. The third kappa shape index (κ3) is 8.11. The number of thioether (sulfide) groups is 1. The SMILES string of the molecule is COc1cccc(/C=N\NC(=O)CSc2nc(C)cc(C)n2)c1OCC(=O)Nc1ccc(C)cc1. The zero-order valence-corrected chi connectivity index (χ0v) is 20.8. The lowest BCUT2D eigenvalue weighted by Gasteiger charge is -2.13. The Labute approximate surface area is 208 Å². The van der Waals surface area contributed by atoms with Crippen molar-refractivity contribution in [1.82, 2.24) is 15.4 Å². The molecule has 35 heavy (non-hydrogen) atoms. The van der Waals surface area contributed by atoms with Crippen molar-refractivity contribution in [1.29, 1.82) is 0 Å². The summed E-state index contributed by atoms with van der Waals surface area (Å²) in [6, 6.07) is 14.5. The van der Waals surface area contributed by atoms with Crippen LogP contribution in [0.1, 0.15) is 22.5 Å². The van der Waals surface area contributed by atoms with Crippen LogP contribution in [0.3, 0.4) is 0 Å². The number of ether oxygens (including phenoxy) is 2. The molecule has 0 aliphatic heterocycles. The molecule has 10 heteroatoms. The van der Waals surface area contributed by atoms with Gasteiger partial charge in [-0.25, -0.2) is 15.4 Å². The van der Waals surface area contributed by atoms with E-state index in [-0.39, 0.29) is 24.2 Å². The van der Waals surface area contributed by atoms with E-state index in [2.05, 4.69) is 25.8 Å². The second-order valence-electron chi connectivity index (χ2n) is 7.60. The minimum absolute atomic E-state index is 0.112. The van der Waals surface area contributed by atoms with Gasteiger partial charge in [0.2, 0.25) is 0 Å². The van der Waals surface area contributed by atoms with E-state index in [0.717, 1.165) is 17.0 Å². The molecule has 2 amide bonds. The summed E-state index contributed by atoms with van der Waals surface area (Å²) in [7, 11) is 1.50. The van der Waals surface area contributed by atoms with Gasteiger partial charge in [0, 0.05) is 22.6 Å². The van der Waals surface area contributed by atoms with Crippen LogP contribution in [0.15, 0.2) is 58.8 Å². The molecular weight excluding hydrogens is 466 g/mol. The van der Waals surface area contributed by atoms with Crippen molar-refractivity contribution < 1.29 is 19.1 Å². The van der Waals surface area contributed by atoms with Crippen molar-refractivity contribution in [3.8, 4) is 11.5 Å². The van der Waals surface area contributed by atoms with Crippen molar-refractivity contribution in [2.24, 2.45) is 5.10 Å². The fourth-order valence-electron chi connectivity index (χ4n) is 3.02. The number of carbonyl (C=O) groups excluding carboxylic acids is 2. The molecule has 0 fully saturated rings. The number of methoxy groups -OCH3 is 1. The Balaban J connectivity index is 1.58. The summed E-state index contributed by atoms with van der Waals surface area (Å²) in [4.78, 5) is 33.1. The summed E-state index contributed by atoms with van der Waals surface area (Å²) in [5.74, 6) is 0.260. The highest BCUT2D eigenvalue weighted by Crippen LogP contribution is 2.30. The number of anilines is 1. The standard InChI is InChI=1S/C25H27N5O4S/c1-16-8-10-20(11-9-16)29-22(31)14-34-24-19(6-5-7-21(24)33-4)13-26-30-23(32)15-35-25-27-17(2)12-18(3)28-25/h5-13H,14-15H2,1-4H3,(H,29,31)(H,30,32)/b26-13-. The molecule has 0 spiro atoms. The Morgan fingerprint density at radius 1 is 1.03 bits per heavy atom. The molecule has 2 N–H and O–H groups in total. The van der Waals surface area contributed by atoms with E-state index in [4.69, 9.17) is 9.47 Å². The van der Waals surface area contributed by atoms with Gasteiger partial charge in [-0.15, -0.1) is 0 Å². The van der Waals surface area contributed by atoms with Gasteiger partial charge in [-0.3, -0.25) is 9.59 Å². The number of nitrogens with one attached hydrogen (secondary N) is 2. The Kier molecular flexibility index (Phi) is 9.19. The zero-order valence-electron chi connectivity index (χ0n) is 20.0. The molecule has 3 aromatic rings. The van der Waals surface area contributed by atoms with Crippen LogP contribution < -0.4 is 20.2 Å². The lowest BCUT2D eigenvalue weighted by Crippen LogP contribution is -2.21. The number of nitrogens with zero attached hydrogens (tertiary/aromatic N) is 3. The molecule has 1 heterocycles. The van der Waals surface area contributed by atoms with Crippen molar-refractivity contribution >= 4 is 35.5 Å². The summed E-state index contributed by atoms with van der Waals surface area (Å²) in [5.41, 5.74) is 6.48. The molecular formula is C25H27N5O4S. The van der Waals surface area contributed by atoms with Crippen LogP contribution in [0.5, 0.6) is 11.5 Å². The van der Waals surface area contributed by atoms with Crippen LogP contribution in [0.2, 0.25) is 0 Å². The van der Waals surface area contributed by atoms with Gasteiger partial charge >= 0.3 is 0 Å². The highest BCUT2D eigenvalue weighted by molar-refractivity contribution is 7.99. The summed E-state index contributed by atoms with van der Waals surface area (Å²) in [5, 5.41) is 7.33. The number of hydrogen-bond acceptors (Lipinski definition) is 8. The lowest BCUT2D eigenvalue weighted by atomic mass is 10.2. The lowest BCUT2D eigenvalue weighted by molar-refractivity contribution is -0.119. The number of aromatic nitrogens is 2. The van der Waals surface area contributed by atoms with Gasteiger partial charge in [-0.2, -0.15) is 5.10 Å². The molecule has 0 aliphatic carbocycles. The highest BCUT2D eigenvalue weighted by Gasteiger charge is 2.12. The van der Waals surface area contributed by atoms with Gasteiger partial charge in [0.1, 0.15) is 0 Å². The maximum Gasteiger partial charge on any atom is 0.262 e. The first-order chi connectivity index (χ1) is 16.8. The smallest absolute Gasteiger partial charge is 0.262 e. The van der Waals surface area contributed by atoms with E-state index in [1.807, 2.05) is 51.1 Å². The molecule has 2 aromatic carbocycles. The molecule has 0 radical (unpaired) electrons. The molecule has 0 saturated heterocycles. The molecule has 0 atom stereocenters. The fourth-order valence-corrected chi connectivity index (χ4v) is 3.76. The van der Waals surface area contributed by atoms with Crippen molar-refractivity contribution in [2.75, 3.05) is 24.8 Å². The molecule has 1 aromatic heterocycles. The van der Waals surface area contributed by atoms with Gasteiger partial charge in [0.05, 0.1) is 19.1 Å². The fraction of sp³-hybridized carbons (Fsp3) is 0.240. The molecule has 182 valence electrons. The number of para-hydroxylation sites is 1. The normalized spacial score (nSPS) is 10.7. The Morgan fingerprint density at radius 2 is 1.74 bits per heavy atom. The second-order valence-corrected chi connectivity index (χ2v) is 8.54. The predicted octanol–water partition coefficient (Wildman–Crippen LogP) is 3.67. The van der Waals surface area contributed by atoms with Gasteiger partial charge in [0.15, 0.2) is 23.3 Å². The average Bonchev–Trinajstić information content (AvgIpc) is 2.82. The van der Waals surface area contributed by atoms with E-state index in [1.54, 1.807) is 18.2 Å². The first-order valence-corrected chi connectivity index (χ1v) is 11.8. The van der Waals surface area contributed by atoms with E-state index in [0.29, 0.717) is 27.9 Å². The number of benzene rings is 2. The summed E-state index contributed by atoms with van der Waals surface area (Å²) in [6.45, 7) is 5.50. The maximum absolute atomic E-state index is 12.3. The Hall–Kier alpha value is -3.92. The predicted molar refractivity (Wildman–Crippen MR) is 136 cm³/mol. The Morgan fingerprint density at radius 3 is 2.43 bits per heavy atom. The number of rotatable bonds is 10. The third-order valence-corrected chi connectivity index (χ3v) is 5.45. The maximum atomic E-state index is 12.3. The highest BCUT2D eigenvalue weighted by atomic mass is 32.2. The van der Waals surface area contributed by atoms with Crippen LogP contribution in [-0.4, -0.2) is 47.5 Å². The number of amides is 2. The van der Waals surface area contributed by atoms with Crippen molar-refractivity contribution in [2.45, 2.75) is 25.9 Å². The number of hydrogen-bond donors (Lipinski definition) is 2. The summed E-state index contributed by atoms with van der Waals surface area (Å²) < 4.78 is 11.1. The molecule has 9 nitrogen and oxygen atoms in total. The molecule has 3 rings (SSSR count). The first kappa shape index (κ1) is 25.7. The van der Waals surface area contributed by atoms with Crippen LogP contribution in [0.25, 0.3) is 0 Å². The molecule has 0 bridgehead atoms. The minimum atomic E-state index is -0.318. The van der Waals surface area contributed by atoms with Crippen LogP contribution in [0.4, 0.5) is 5.69 Å². The van der Waals surface area contributed by atoms with E-state index in [1.165, 1.54) is 25.1 Å². The monoisotopic (exact) mass is 493 g/mol. The van der Waals surface area contributed by atoms with Crippen LogP contribution in [-0.2, 0) is 9.59 Å². The van der Waals surface area contributed by atoms with E-state index in [9.17, 15) is 9.59 Å². The average molecular weight is 494 g/mol. The second kappa shape index (κ2) is 12.5. The van der Waals surface area contributed by atoms with Crippen LogP contribution >= 0.6 is 11.8 Å². The third-order valence-electron chi connectivity index (χ3n) is 4.60. The van der Waals surface area contributed by atoms with Crippen molar-refractivity contribution in [3.05, 3.63) is 71.0 Å².